The number of benzene rings is 2. The maximum absolute atomic E-state index is 13.9. The number of esters is 1. The molecule has 1 fully saturated rings. The number of ether oxygens (including phenoxy) is 3. The largest absolute Gasteiger partial charge is 0.459 e. The number of halogens is 2. The van der Waals surface area contributed by atoms with Gasteiger partial charge in [-0.3, -0.25) is 4.79 Å². The lowest BCUT2D eigenvalue weighted by molar-refractivity contribution is -0.144. The maximum atomic E-state index is 13.9. The zero-order valence-electron chi connectivity index (χ0n) is 20.4. The van der Waals surface area contributed by atoms with Gasteiger partial charge in [-0.25, -0.2) is 4.79 Å². The molecule has 0 spiro atoms. The topological polar surface area (TPSA) is 73.9 Å². The van der Waals surface area contributed by atoms with Crippen LogP contribution in [0, 0.1) is 0 Å². The second-order valence-electron chi connectivity index (χ2n) is 10.1. The molecular formula is C29H27BrClNO5. The molecule has 2 aromatic rings. The highest BCUT2D eigenvalue weighted by Gasteiger charge is 2.43. The van der Waals surface area contributed by atoms with Crippen LogP contribution in [0.2, 0.25) is 5.02 Å². The minimum Gasteiger partial charge on any atom is -0.459 e. The van der Waals surface area contributed by atoms with E-state index in [1.54, 1.807) is 0 Å². The molecule has 2 aliphatic heterocycles. The van der Waals surface area contributed by atoms with E-state index in [0.717, 1.165) is 47.0 Å². The molecule has 0 amide bonds. The Labute approximate surface area is 229 Å². The minimum absolute atomic E-state index is 0.0157. The van der Waals surface area contributed by atoms with Crippen LogP contribution >= 0.6 is 27.5 Å². The van der Waals surface area contributed by atoms with E-state index in [-0.39, 0.29) is 30.6 Å². The summed E-state index contributed by atoms with van der Waals surface area (Å²) in [6.45, 7) is 2.03. The van der Waals surface area contributed by atoms with Crippen molar-refractivity contribution in [3.05, 3.63) is 79.6 Å². The van der Waals surface area contributed by atoms with Gasteiger partial charge in [-0.1, -0.05) is 39.7 Å². The summed E-state index contributed by atoms with van der Waals surface area (Å²) in [6.07, 6.45) is 4.80. The van der Waals surface area contributed by atoms with Crippen molar-refractivity contribution >= 4 is 39.3 Å². The van der Waals surface area contributed by atoms with E-state index >= 15 is 0 Å². The molecule has 6 rings (SSSR count). The number of hydrogen-bond donors (Lipinski definition) is 1. The Hall–Kier alpha value is -2.77. The van der Waals surface area contributed by atoms with Crippen LogP contribution in [-0.2, 0) is 14.3 Å². The molecular weight excluding hydrogens is 558 g/mol. The first-order valence-electron chi connectivity index (χ1n) is 12.7. The SMILES string of the molecule is CC1=C(C(=O)OC2CCCC2)[C@@H](c2cc3c(cc2Br)OCO3)C2=C(C[C@H](c3ccc(Cl)cc3)CC2=O)N1. The smallest absolute Gasteiger partial charge is 0.337 e. The number of dihydropyridines is 1. The molecule has 0 saturated heterocycles. The Balaban J connectivity index is 1.43. The van der Waals surface area contributed by atoms with Crippen molar-refractivity contribution in [2.24, 2.45) is 0 Å². The normalized spacial score (nSPS) is 23.3. The molecule has 2 atom stereocenters. The third-order valence-electron chi connectivity index (χ3n) is 7.77. The first-order chi connectivity index (χ1) is 17.9. The number of ketones is 1. The summed E-state index contributed by atoms with van der Waals surface area (Å²) in [5.41, 5.74) is 4.51. The van der Waals surface area contributed by atoms with Gasteiger partial charge in [0.15, 0.2) is 17.3 Å². The van der Waals surface area contributed by atoms with Gasteiger partial charge in [0, 0.05) is 38.8 Å². The van der Waals surface area contributed by atoms with E-state index < -0.39 is 5.92 Å². The summed E-state index contributed by atoms with van der Waals surface area (Å²) < 4.78 is 17.9. The van der Waals surface area contributed by atoms with Gasteiger partial charge < -0.3 is 19.5 Å². The number of rotatable bonds is 4. The fraction of sp³-hybridized carbons (Fsp3) is 0.379. The van der Waals surface area contributed by atoms with E-state index in [0.29, 0.717) is 46.2 Å². The van der Waals surface area contributed by atoms with Crippen LogP contribution in [0.4, 0.5) is 0 Å². The summed E-state index contributed by atoms with van der Waals surface area (Å²) in [5, 5.41) is 4.09. The summed E-state index contributed by atoms with van der Waals surface area (Å²) in [4.78, 5) is 27.5. The van der Waals surface area contributed by atoms with Gasteiger partial charge in [-0.2, -0.15) is 0 Å². The van der Waals surface area contributed by atoms with Crippen LogP contribution in [0.25, 0.3) is 0 Å². The Morgan fingerprint density at radius 2 is 1.78 bits per heavy atom. The molecule has 2 heterocycles. The van der Waals surface area contributed by atoms with Crippen LogP contribution < -0.4 is 14.8 Å². The second kappa shape index (κ2) is 9.84. The van der Waals surface area contributed by atoms with Crippen molar-refractivity contribution < 1.29 is 23.8 Å². The van der Waals surface area contributed by atoms with Gasteiger partial charge in [0.1, 0.15) is 6.10 Å². The number of fused-ring (bicyclic) bond motifs is 1. The lowest BCUT2D eigenvalue weighted by Crippen LogP contribution is -2.36. The number of hydrogen-bond acceptors (Lipinski definition) is 6. The molecule has 0 unspecified atom stereocenters. The number of allylic oxidation sites excluding steroid dienone is 3. The van der Waals surface area contributed by atoms with Crippen LogP contribution in [0.1, 0.15) is 68.4 Å². The maximum Gasteiger partial charge on any atom is 0.337 e. The summed E-state index contributed by atoms with van der Waals surface area (Å²) >= 11 is 9.78. The van der Waals surface area contributed by atoms with Crippen LogP contribution in [0.3, 0.4) is 0 Å². The van der Waals surface area contributed by atoms with Crippen molar-refractivity contribution in [3.8, 4) is 11.5 Å². The fourth-order valence-corrected chi connectivity index (χ4v) is 6.64. The second-order valence-corrected chi connectivity index (χ2v) is 11.4. The van der Waals surface area contributed by atoms with Crippen LogP contribution in [-0.4, -0.2) is 24.6 Å². The molecule has 1 N–H and O–H groups in total. The molecule has 192 valence electrons. The summed E-state index contributed by atoms with van der Waals surface area (Å²) in [7, 11) is 0. The standard InChI is InChI=1S/C29H27BrClNO5/c1-15-26(29(34)37-19-4-2-3-5-19)27(20-12-24-25(13-21(20)30)36-14-35-24)28-22(32-15)10-17(11-23(28)33)16-6-8-18(31)9-7-16/h6-9,12-13,17,19,27,32H,2-5,10-11,14H2,1H3/t17-,27+/m0/s1. The number of carbonyl (C=O) groups excluding carboxylic acids is 2. The Kier molecular flexibility index (Phi) is 6.53. The molecule has 8 heteroatoms. The highest BCUT2D eigenvalue weighted by Crippen LogP contribution is 2.50. The zero-order valence-corrected chi connectivity index (χ0v) is 22.8. The Bertz CT molecular complexity index is 1340. The summed E-state index contributed by atoms with van der Waals surface area (Å²) in [6, 6.07) is 11.4. The number of Topliss-reactive ketones (excluding diaryl/α,β-unsaturated/α-hetero) is 1. The predicted molar refractivity (Wildman–Crippen MR) is 143 cm³/mol. The van der Waals surface area contributed by atoms with Crippen molar-refractivity contribution in [3.63, 3.8) is 0 Å². The quantitative estimate of drug-likeness (QED) is 0.404. The van der Waals surface area contributed by atoms with E-state index in [4.69, 9.17) is 25.8 Å². The van der Waals surface area contributed by atoms with E-state index in [2.05, 4.69) is 21.2 Å². The molecule has 4 aliphatic rings. The van der Waals surface area contributed by atoms with E-state index in [1.165, 1.54) is 0 Å². The molecule has 37 heavy (non-hydrogen) atoms. The summed E-state index contributed by atoms with van der Waals surface area (Å²) in [5.74, 6) is 0.326. The molecule has 6 nitrogen and oxygen atoms in total. The monoisotopic (exact) mass is 583 g/mol. The first-order valence-corrected chi connectivity index (χ1v) is 13.9. The van der Waals surface area contributed by atoms with Gasteiger partial charge >= 0.3 is 5.97 Å². The first kappa shape index (κ1) is 24.6. The molecule has 1 saturated carbocycles. The average Bonchev–Trinajstić information content (AvgIpc) is 3.54. The molecule has 0 bridgehead atoms. The molecule has 0 radical (unpaired) electrons. The van der Waals surface area contributed by atoms with Crippen LogP contribution in [0.5, 0.6) is 11.5 Å². The molecule has 2 aromatic carbocycles. The molecule has 2 aliphatic carbocycles. The lowest BCUT2D eigenvalue weighted by Gasteiger charge is -2.37. The van der Waals surface area contributed by atoms with Crippen molar-refractivity contribution in [2.45, 2.75) is 63.4 Å². The highest BCUT2D eigenvalue weighted by atomic mass is 79.9. The van der Waals surface area contributed by atoms with Gasteiger partial charge in [0.25, 0.3) is 0 Å². The third-order valence-corrected chi connectivity index (χ3v) is 8.71. The van der Waals surface area contributed by atoms with Crippen molar-refractivity contribution in [1.29, 1.82) is 0 Å². The van der Waals surface area contributed by atoms with Crippen molar-refractivity contribution in [1.82, 2.24) is 5.32 Å². The fourth-order valence-electron chi connectivity index (χ4n) is 5.97. The average molecular weight is 585 g/mol. The van der Waals surface area contributed by atoms with Gasteiger partial charge in [-0.15, -0.1) is 0 Å². The minimum atomic E-state index is -0.576. The lowest BCUT2D eigenvalue weighted by atomic mass is 9.71. The predicted octanol–water partition coefficient (Wildman–Crippen LogP) is 6.68. The van der Waals surface area contributed by atoms with Gasteiger partial charge in [-0.05, 0) is 80.3 Å². The number of carbonyl (C=O) groups is 2. The highest BCUT2D eigenvalue weighted by molar-refractivity contribution is 9.10. The van der Waals surface area contributed by atoms with E-state index in [9.17, 15) is 9.59 Å². The van der Waals surface area contributed by atoms with E-state index in [1.807, 2.05) is 43.3 Å². The molecule has 0 aromatic heterocycles. The Morgan fingerprint density at radius 3 is 2.51 bits per heavy atom. The van der Waals surface area contributed by atoms with Crippen molar-refractivity contribution in [2.75, 3.05) is 6.79 Å². The Morgan fingerprint density at radius 1 is 1.08 bits per heavy atom. The third kappa shape index (κ3) is 4.57. The van der Waals surface area contributed by atoms with Gasteiger partial charge in [0.05, 0.1) is 5.57 Å². The van der Waals surface area contributed by atoms with Gasteiger partial charge in [0.2, 0.25) is 6.79 Å². The number of nitrogens with one attached hydrogen (secondary N) is 1. The zero-order chi connectivity index (χ0) is 25.7. The van der Waals surface area contributed by atoms with Crippen LogP contribution in [0.15, 0.2) is 63.4 Å².